The molecule has 0 unspecified atom stereocenters. The molecule has 0 aromatic heterocycles. The smallest absolute Gasteiger partial charge is 0.265 e. The lowest BCUT2D eigenvalue weighted by atomic mass is 9.95. The number of para-hydroxylation sites is 1. The van der Waals surface area contributed by atoms with Gasteiger partial charge >= 0.3 is 0 Å². The van der Waals surface area contributed by atoms with Crippen molar-refractivity contribution in [3.05, 3.63) is 77.9 Å². The molecule has 1 aliphatic heterocycles. The molecule has 3 aromatic rings. The monoisotopic (exact) mass is 503 g/mol. The maximum Gasteiger partial charge on any atom is 0.265 e. The van der Waals surface area contributed by atoms with E-state index in [0.717, 1.165) is 41.1 Å². The molecule has 1 fully saturated rings. The van der Waals surface area contributed by atoms with Gasteiger partial charge in [-0.1, -0.05) is 61.2 Å². The van der Waals surface area contributed by atoms with Gasteiger partial charge in [0.25, 0.3) is 15.9 Å². The predicted octanol–water partition coefficient (Wildman–Crippen LogP) is 4.87. The Bertz CT molecular complexity index is 1430. The Morgan fingerprint density at radius 1 is 0.917 bits per heavy atom. The third kappa shape index (κ3) is 4.60. The van der Waals surface area contributed by atoms with Gasteiger partial charge in [0.2, 0.25) is 5.91 Å². The van der Waals surface area contributed by atoms with E-state index in [9.17, 15) is 18.0 Å². The van der Waals surface area contributed by atoms with Crippen LogP contribution in [-0.2, 0) is 14.8 Å². The molecule has 0 spiro atoms. The number of hydrogen-bond acceptors (Lipinski definition) is 4. The number of aryl methyl sites for hydroxylation is 1. The van der Waals surface area contributed by atoms with Crippen LogP contribution < -0.4 is 14.9 Å². The molecule has 1 aliphatic carbocycles. The fourth-order valence-corrected chi connectivity index (χ4v) is 6.69. The Labute approximate surface area is 211 Å². The van der Waals surface area contributed by atoms with Gasteiger partial charge in [-0.15, -0.1) is 0 Å². The van der Waals surface area contributed by atoms with Crippen molar-refractivity contribution in [2.24, 2.45) is 0 Å². The number of nitrogens with zero attached hydrogens (tertiary/aromatic N) is 1. The Morgan fingerprint density at radius 2 is 1.64 bits per heavy atom. The third-order valence-corrected chi connectivity index (χ3v) is 8.66. The summed E-state index contributed by atoms with van der Waals surface area (Å²) in [5.41, 5.74) is 3.55. The molecule has 0 atom stereocenters. The fourth-order valence-electron chi connectivity index (χ4n) is 5.04. The highest BCUT2D eigenvalue weighted by Crippen LogP contribution is 2.43. The highest BCUT2D eigenvalue weighted by molar-refractivity contribution is 7.93. The summed E-state index contributed by atoms with van der Waals surface area (Å²) in [6.07, 6.45) is 5.28. The van der Waals surface area contributed by atoms with Crippen LogP contribution in [0.4, 0.5) is 11.4 Å². The second-order valence-corrected chi connectivity index (χ2v) is 11.3. The van der Waals surface area contributed by atoms with Crippen molar-refractivity contribution >= 4 is 33.2 Å². The lowest BCUT2D eigenvalue weighted by Crippen LogP contribution is -2.40. The van der Waals surface area contributed by atoms with E-state index in [1.165, 1.54) is 6.42 Å². The highest BCUT2D eigenvalue weighted by atomic mass is 32.2. The molecular formula is C28H29N3O4S. The molecule has 3 aromatic carbocycles. The average Bonchev–Trinajstić information content (AvgIpc) is 2.88. The van der Waals surface area contributed by atoms with Gasteiger partial charge in [-0.05, 0) is 50.1 Å². The minimum atomic E-state index is -3.95. The quantitative estimate of drug-likeness (QED) is 0.519. The first-order valence-corrected chi connectivity index (χ1v) is 13.7. The molecule has 186 valence electrons. The van der Waals surface area contributed by atoms with Crippen LogP contribution in [0.2, 0.25) is 0 Å². The summed E-state index contributed by atoms with van der Waals surface area (Å²) in [5.74, 6) is -0.763. The number of nitrogens with one attached hydrogen (secondary N) is 2. The van der Waals surface area contributed by atoms with Crippen molar-refractivity contribution in [2.45, 2.75) is 50.0 Å². The van der Waals surface area contributed by atoms with E-state index in [1.54, 1.807) is 54.6 Å². The number of amides is 2. The van der Waals surface area contributed by atoms with E-state index in [2.05, 4.69) is 10.6 Å². The molecule has 2 aliphatic rings. The van der Waals surface area contributed by atoms with Gasteiger partial charge in [0.05, 0.1) is 21.8 Å². The average molecular weight is 504 g/mol. The van der Waals surface area contributed by atoms with Crippen molar-refractivity contribution in [2.75, 3.05) is 16.2 Å². The summed E-state index contributed by atoms with van der Waals surface area (Å²) in [6.45, 7) is 1.53. The van der Waals surface area contributed by atoms with Crippen LogP contribution in [-0.4, -0.2) is 32.8 Å². The summed E-state index contributed by atoms with van der Waals surface area (Å²) in [4.78, 5) is 26.3. The summed E-state index contributed by atoms with van der Waals surface area (Å²) >= 11 is 0. The molecule has 0 saturated heterocycles. The number of anilines is 2. The van der Waals surface area contributed by atoms with E-state index in [1.807, 2.05) is 19.1 Å². The van der Waals surface area contributed by atoms with E-state index in [-0.39, 0.29) is 16.8 Å². The number of hydrogen-bond donors (Lipinski definition) is 2. The van der Waals surface area contributed by atoms with Crippen molar-refractivity contribution in [3.8, 4) is 11.1 Å². The molecule has 5 rings (SSSR count). The van der Waals surface area contributed by atoms with Crippen LogP contribution in [0.3, 0.4) is 0 Å². The molecule has 1 heterocycles. The van der Waals surface area contributed by atoms with Crippen LogP contribution in [0, 0.1) is 6.92 Å². The van der Waals surface area contributed by atoms with Crippen molar-refractivity contribution in [3.63, 3.8) is 0 Å². The van der Waals surface area contributed by atoms with Crippen LogP contribution in [0.25, 0.3) is 11.1 Å². The zero-order chi connectivity index (χ0) is 25.3. The van der Waals surface area contributed by atoms with Gasteiger partial charge in [-0.25, -0.2) is 8.42 Å². The lowest BCUT2D eigenvalue weighted by Gasteiger charge is -2.32. The number of fused-ring (bicyclic) bond motifs is 3. The van der Waals surface area contributed by atoms with Gasteiger partial charge in [-0.2, -0.15) is 0 Å². The molecule has 2 N–H and O–H groups in total. The number of sulfonamides is 1. The lowest BCUT2D eigenvalue weighted by molar-refractivity contribution is -0.114. The number of rotatable bonds is 5. The third-order valence-electron chi connectivity index (χ3n) is 6.84. The maximum absolute atomic E-state index is 13.5. The minimum Gasteiger partial charge on any atom is -0.349 e. The van der Waals surface area contributed by atoms with E-state index in [0.29, 0.717) is 22.5 Å². The maximum atomic E-state index is 13.5. The Kier molecular flexibility index (Phi) is 6.53. The fraction of sp³-hybridized carbons (Fsp3) is 0.286. The first-order chi connectivity index (χ1) is 17.3. The van der Waals surface area contributed by atoms with Gasteiger partial charge in [0.1, 0.15) is 6.54 Å². The molecular weight excluding hydrogens is 474 g/mol. The van der Waals surface area contributed by atoms with Crippen LogP contribution in [0.5, 0.6) is 0 Å². The largest absolute Gasteiger partial charge is 0.349 e. The van der Waals surface area contributed by atoms with E-state index >= 15 is 0 Å². The zero-order valence-corrected chi connectivity index (χ0v) is 21.0. The zero-order valence-electron chi connectivity index (χ0n) is 20.2. The summed E-state index contributed by atoms with van der Waals surface area (Å²) < 4.78 is 28.2. The Morgan fingerprint density at radius 3 is 2.44 bits per heavy atom. The first kappa shape index (κ1) is 24.1. The van der Waals surface area contributed by atoms with Crippen molar-refractivity contribution < 1.29 is 18.0 Å². The van der Waals surface area contributed by atoms with Gasteiger partial charge < -0.3 is 10.6 Å². The molecule has 36 heavy (non-hydrogen) atoms. The normalized spacial score (nSPS) is 16.5. The van der Waals surface area contributed by atoms with Crippen LogP contribution in [0.1, 0.15) is 48.0 Å². The molecule has 0 radical (unpaired) electrons. The summed E-state index contributed by atoms with van der Waals surface area (Å²) in [5, 5.41) is 5.85. The van der Waals surface area contributed by atoms with Gasteiger partial charge in [0.15, 0.2) is 0 Å². The number of carbonyl (C=O) groups is 2. The molecule has 8 heteroatoms. The number of carbonyl (C=O) groups excluding carboxylic acids is 2. The summed E-state index contributed by atoms with van der Waals surface area (Å²) in [7, 11) is -3.95. The molecule has 7 nitrogen and oxygen atoms in total. The van der Waals surface area contributed by atoms with Crippen LogP contribution in [0.15, 0.2) is 71.6 Å². The first-order valence-electron chi connectivity index (χ1n) is 12.3. The van der Waals surface area contributed by atoms with Gasteiger partial charge in [-0.3, -0.25) is 13.9 Å². The van der Waals surface area contributed by atoms with Gasteiger partial charge in [0, 0.05) is 17.2 Å². The van der Waals surface area contributed by atoms with Crippen molar-refractivity contribution in [1.29, 1.82) is 0 Å². The standard InChI is InChI=1S/C28H29N3O4S/c1-19-15-16-25-23(17-19)21-11-6-8-14-26(21)36(34,35)31(25)18-27(32)30-24-13-7-5-12-22(24)28(33)29-20-9-3-2-4-10-20/h5-8,11-17,20H,2-4,9-10,18H2,1H3,(H,29,33)(H,30,32). The van der Waals surface area contributed by atoms with E-state index < -0.39 is 22.5 Å². The predicted molar refractivity (Wildman–Crippen MR) is 141 cm³/mol. The molecule has 0 bridgehead atoms. The molecule has 1 saturated carbocycles. The van der Waals surface area contributed by atoms with Crippen molar-refractivity contribution in [1.82, 2.24) is 5.32 Å². The Balaban J connectivity index is 1.40. The van der Waals surface area contributed by atoms with Crippen LogP contribution >= 0.6 is 0 Å². The minimum absolute atomic E-state index is 0.133. The second-order valence-electron chi connectivity index (χ2n) is 9.43. The highest BCUT2D eigenvalue weighted by Gasteiger charge is 2.36. The topological polar surface area (TPSA) is 95.6 Å². The molecule has 2 amide bonds. The SMILES string of the molecule is Cc1ccc2c(c1)-c1ccccc1S(=O)(=O)N2CC(=O)Nc1ccccc1C(=O)NC1CCCCC1. The van der Waals surface area contributed by atoms with E-state index in [4.69, 9.17) is 0 Å². The Hall–Kier alpha value is -3.65. The second kappa shape index (κ2) is 9.78. The number of benzene rings is 3. The summed E-state index contributed by atoms with van der Waals surface area (Å²) in [6, 6.07) is 19.3.